The summed E-state index contributed by atoms with van der Waals surface area (Å²) in [5.41, 5.74) is 5.07. The Morgan fingerprint density at radius 3 is 2.35 bits per heavy atom. The molecule has 3 aromatic heterocycles. The van der Waals surface area contributed by atoms with E-state index < -0.39 is 0 Å². The van der Waals surface area contributed by atoms with Crippen LogP contribution < -0.4 is 0 Å². The number of rotatable bonds is 1. The summed E-state index contributed by atoms with van der Waals surface area (Å²) in [6.45, 7) is 8.10. The number of fused-ring (bicyclic) bond motifs is 1. The summed E-state index contributed by atoms with van der Waals surface area (Å²) in [4.78, 5) is 4.72. The van der Waals surface area contributed by atoms with Crippen LogP contribution in [0.25, 0.3) is 16.9 Å². The van der Waals surface area contributed by atoms with Gasteiger partial charge in [-0.1, -0.05) is 0 Å². The third-order valence-electron chi connectivity index (χ3n) is 3.57. The summed E-state index contributed by atoms with van der Waals surface area (Å²) in [5, 5.41) is 10.1. The number of halogens is 1. The molecular formula is C14H16BrN5. The normalized spacial score (nSPS) is 11.5. The van der Waals surface area contributed by atoms with Crippen LogP contribution in [0.2, 0.25) is 0 Å². The average Bonchev–Trinajstić information content (AvgIpc) is 2.82. The lowest BCUT2D eigenvalue weighted by atomic mass is 10.1. The number of nitrogens with zero attached hydrogens (tertiary/aromatic N) is 5. The van der Waals surface area contributed by atoms with Crippen molar-refractivity contribution < 1.29 is 0 Å². The predicted octanol–water partition coefficient (Wildman–Crippen LogP) is 3.15. The molecule has 0 aliphatic rings. The number of aromatic nitrogens is 5. The lowest BCUT2D eigenvalue weighted by molar-refractivity contribution is 0.762. The molecule has 20 heavy (non-hydrogen) atoms. The minimum atomic E-state index is 0.823. The van der Waals surface area contributed by atoms with Crippen LogP contribution >= 0.6 is 15.9 Å². The Bertz CT molecular complexity index is 828. The molecule has 104 valence electrons. The Hall–Kier alpha value is -1.69. The van der Waals surface area contributed by atoms with Gasteiger partial charge in [-0.2, -0.15) is 10.2 Å². The molecule has 0 saturated carbocycles. The van der Waals surface area contributed by atoms with E-state index >= 15 is 0 Å². The molecule has 0 fully saturated rings. The number of pyridine rings is 1. The molecule has 0 amide bonds. The van der Waals surface area contributed by atoms with Gasteiger partial charge in [0.25, 0.3) is 0 Å². The van der Waals surface area contributed by atoms with Crippen molar-refractivity contribution in [1.82, 2.24) is 24.5 Å². The first-order chi connectivity index (χ1) is 9.40. The monoisotopic (exact) mass is 333 g/mol. The standard InChI is InChI=1S/C14H16BrN5/c1-7-6-11(20-10(4)13(15)9(3)18-20)16-14-12(7)8(2)17-19(14)5/h6H,1-5H3. The molecule has 3 heterocycles. The molecule has 5 nitrogen and oxygen atoms in total. The van der Waals surface area contributed by atoms with Crippen molar-refractivity contribution in [2.75, 3.05) is 0 Å². The van der Waals surface area contributed by atoms with Crippen LogP contribution in [0.5, 0.6) is 0 Å². The third-order valence-corrected chi connectivity index (χ3v) is 4.72. The second kappa shape index (κ2) is 4.41. The molecular weight excluding hydrogens is 318 g/mol. The zero-order valence-electron chi connectivity index (χ0n) is 12.2. The van der Waals surface area contributed by atoms with Gasteiger partial charge in [-0.3, -0.25) is 4.68 Å². The summed E-state index contributed by atoms with van der Waals surface area (Å²) in [6.07, 6.45) is 0. The maximum Gasteiger partial charge on any atom is 0.160 e. The molecule has 0 aliphatic heterocycles. The molecule has 0 unspecified atom stereocenters. The van der Waals surface area contributed by atoms with Gasteiger partial charge in [-0.05, 0) is 55.3 Å². The fourth-order valence-electron chi connectivity index (χ4n) is 2.60. The van der Waals surface area contributed by atoms with Crippen LogP contribution in [0.1, 0.15) is 22.6 Å². The molecule has 0 aliphatic carbocycles. The van der Waals surface area contributed by atoms with Crippen LogP contribution in [0.3, 0.4) is 0 Å². The second-order valence-corrected chi connectivity index (χ2v) is 5.89. The van der Waals surface area contributed by atoms with Crippen LogP contribution in [0.4, 0.5) is 0 Å². The maximum absolute atomic E-state index is 4.72. The Morgan fingerprint density at radius 2 is 1.75 bits per heavy atom. The highest BCUT2D eigenvalue weighted by Gasteiger charge is 2.15. The van der Waals surface area contributed by atoms with Crippen molar-refractivity contribution >= 4 is 27.0 Å². The van der Waals surface area contributed by atoms with Gasteiger partial charge in [-0.25, -0.2) is 9.67 Å². The van der Waals surface area contributed by atoms with E-state index in [1.165, 1.54) is 5.56 Å². The Kier molecular flexibility index (Phi) is 2.93. The Labute approximate surface area is 125 Å². The van der Waals surface area contributed by atoms with Crippen molar-refractivity contribution in [3.05, 3.63) is 33.2 Å². The highest BCUT2D eigenvalue weighted by Crippen LogP contribution is 2.26. The number of hydrogen-bond acceptors (Lipinski definition) is 3. The van der Waals surface area contributed by atoms with Gasteiger partial charge >= 0.3 is 0 Å². The summed E-state index contributed by atoms with van der Waals surface area (Å²) >= 11 is 3.56. The maximum atomic E-state index is 4.72. The molecule has 0 saturated heterocycles. The van der Waals surface area contributed by atoms with Crippen molar-refractivity contribution in [3.63, 3.8) is 0 Å². The minimum Gasteiger partial charge on any atom is -0.250 e. The zero-order valence-corrected chi connectivity index (χ0v) is 13.8. The average molecular weight is 334 g/mol. The summed E-state index contributed by atoms with van der Waals surface area (Å²) in [5.74, 6) is 0.823. The SMILES string of the molecule is Cc1nn(-c2cc(C)c3c(C)nn(C)c3n2)c(C)c1Br. The van der Waals surface area contributed by atoms with Crippen molar-refractivity contribution in [2.45, 2.75) is 27.7 Å². The van der Waals surface area contributed by atoms with Gasteiger partial charge in [0.2, 0.25) is 0 Å². The molecule has 0 bridgehead atoms. The van der Waals surface area contributed by atoms with Crippen LogP contribution in [-0.4, -0.2) is 24.5 Å². The number of hydrogen-bond donors (Lipinski definition) is 0. The van der Waals surface area contributed by atoms with E-state index in [9.17, 15) is 0 Å². The second-order valence-electron chi connectivity index (χ2n) is 5.10. The summed E-state index contributed by atoms with van der Waals surface area (Å²) in [7, 11) is 1.92. The van der Waals surface area contributed by atoms with E-state index in [0.29, 0.717) is 0 Å². The highest BCUT2D eigenvalue weighted by atomic mass is 79.9. The molecule has 0 spiro atoms. The predicted molar refractivity (Wildman–Crippen MR) is 82.3 cm³/mol. The van der Waals surface area contributed by atoms with Gasteiger partial charge < -0.3 is 0 Å². The van der Waals surface area contributed by atoms with Crippen molar-refractivity contribution in [2.24, 2.45) is 7.05 Å². The van der Waals surface area contributed by atoms with E-state index in [4.69, 9.17) is 4.98 Å². The van der Waals surface area contributed by atoms with Crippen molar-refractivity contribution in [1.29, 1.82) is 0 Å². The van der Waals surface area contributed by atoms with E-state index in [1.807, 2.05) is 37.2 Å². The molecule has 6 heteroatoms. The quantitative estimate of drug-likeness (QED) is 0.687. The smallest absolute Gasteiger partial charge is 0.160 e. The largest absolute Gasteiger partial charge is 0.250 e. The lowest BCUT2D eigenvalue weighted by Crippen LogP contribution is -2.04. The Balaban J connectivity index is 2.32. The van der Waals surface area contributed by atoms with Gasteiger partial charge in [0.15, 0.2) is 11.5 Å². The molecule has 3 aromatic rings. The summed E-state index contributed by atoms with van der Waals surface area (Å²) < 4.78 is 4.72. The molecule has 0 aromatic carbocycles. The lowest BCUT2D eigenvalue weighted by Gasteiger charge is -2.06. The highest BCUT2D eigenvalue weighted by molar-refractivity contribution is 9.10. The molecule has 0 radical (unpaired) electrons. The first-order valence-corrected chi connectivity index (χ1v) is 7.22. The first kappa shape index (κ1) is 13.3. The van der Waals surface area contributed by atoms with Gasteiger partial charge in [-0.15, -0.1) is 0 Å². The van der Waals surface area contributed by atoms with Gasteiger partial charge in [0, 0.05) is 12.4 Å². The first-order valence-electron chi connectivity index (χ1n) is 6.43. The topological polar surface area (TPSA) is 48.5 Å². The minimum absolute atomic E-state index is 0.823. The van der Waals surface area contributed by atoms with E-state index in [2.05, 4.69) is 39.1 Å². The fraction of sp³-hybridized carbons (Fsp3) is 0.357. The molecule has 0 atom stereocenters. The van der Waals surface area contributed by atoms with Crippen LogP contribution in [-0.2, 0) is 7.05 Å². The van der Waals surface area contributed by atoms with Gasteiger partial charge in [0.1, 0.15) is 0 Å². The van der Waals surface area contributed by atoms with Crippen molar-refractivity contribution in [3.8, 4) is 5.82 Å². The van der Waals surface area contributed by atoms with E-state index in [1.54, 1.807) is 0 Å². The third kappa shape index (κ3) is 1.78. The van der Waals surface area contributed by atoms with E-state index in [0.717, 1.165) is 38.4 Å². The van der Waals surface area contributed by atoms with Crippen LogP contribution in [0, 0.1) is 27.7 Å². The Morgan fingerprint density at radius 1 is 1.05 bits per heavy atom. The van der Waals surface area contributed by atoms with Crippen LogP contribution in [0.15, 0.2) is 10.5 Å². The van der Waals surface area contributed by atoms with Gasteiger partial charge in [0.05, 0.1) is 21.6 Å². The molecule has 0 N–H and O–H groups in total. The summed E-state index contributed by atoms with van der Waals surface area (Å²) in [6, 6.07) is 2.06. The van der Waals surface area contributed by atoms with E-state index in [-0.39, 0.29) is 0 Å². The fourth-order valence-corrected chi connectivity index (χ4v) is 2.85. The zero-order chi connectivity index (χ0) is 14.6. The molecule has 3 rings (SSSR count). The number of aryl methyl sites for hydroxylation is 4.